The topological polar surface area (TPSA) is 123 Å². The van der Waals surface area contributed by atoms with Crippen LogP contribution in [0.1, 0.15) is 24.1 Å². The summed E-state index contributed by atoms with van der Waals surface area (Å²) in [5.41, 5.74) is 3.88. The van der Waals surface area contributed by atoms with Crippen LogP contribution in [0.15, 0.2) is 52.5 Å². The maximum absolute atomic E-state index is 12.8. The highest BCUT2D eigenvalue weighted by atomic mass is 35.5. The third-order valence-corrected chi connectivity index (χ3v) is 7.95. The van der Waals surface area contributed by atoms with Crippen LogP contribution in [0.3, 0.4) is 0 Å². The highest BCUT2D eigenvalue weighted by Crippen LogP contribution is 2.31. The quantitative estimate of drug-likeness (QED) is 0.274. The summed E-state index contributed by atoms with van der Waals surface area (Å²) in [5, 5.41) is 20.8. The number of hydrogen-bond acceptors (Lipinski definition) is 7. The molecular formula is C21H20Cl2N6O4S. The van der Waals surface area contributed by atoms with Crippen LogP contribution in [0.4, 0.5) is 11.4 Å². The van der Waals surface area contributed by atoms with E-state index in [0.717, 1.165) is 18.9 Å². The minimum absolute atomic E-state index is 0.0360. The van der Waals surface area contributed by atoms with Gasteiger partial charge in [0.1, 0.15) is 10.8 Å². The molecule has 0 amide bonds. The van der Waals surface area contributed by atoms with Crippen LogP contribution in [0.5, 0.6) is 0 Å². The summed E-state index contributed by atoms with van der Waals surface area (Å²) < 4.78 is 28.3. The van der Waals surface area contributed by atoms with Crippen molar-refractivity contribution in [2.24, 2.45) is 5.10 Å². The molecule has 1 saturated heterocycles. The van der Waals surface area contributed by atoms with Gasteiger partial charge in [-0.25, -0.2) is 13.1 Å². The molecule has 0 unspecified atom stereocenters. The van der Waals surface area contributed by atoms with Crippen molar-refractivity contribution in [3.63, 3.8) is 0 Å². The summed E-state index contributed by atoms with van der Waals surface area (Å²) in [6.45, 7) is 2.55. The molecule has 2 aromatic carbocycles. The molecule has 1 aliphatic rings. The van der Waals surface area contributed by atoms with E-state index in [1.807, 2.05) is 0 Å². The smallest absolute Gasteiger partial charge is 0.272 e. The van der Waals surface area contributed by atoms with Crippen LogP contribution in [0, 0.1) is 17.0 Å². The number of sulfonamides is 1. The van der Waals surface area contributed by atoms with Crippen LogP contribution in [0.25, 0.3) is 5.69 Å². The molecule has 0 aliphatic carbocycles. The van der Waals surface area contributed by atoms with Gasteiger partial charge in [0.15, 0.2) is 0 Å². The Hall–Kier alpha value is -2.99. The first kappa shape index (κ1) is 24.1. The lowest BCUT2D eigenvalue weighted by Crippen LogP contribution is -2.27. The van der Waals surface area contributed by atoms with E-state index in [4.69, 9.17) is 23.2 Å². The van der Waals surface area contributed by atoms with Crippen molar-refractivity contribution >= 4 is 50.8 Å². The third kappa shape index (κ3) is 4.64. The van der Waals surface area contributed by atoms with Gasteiger partial charge in [-0.2, -0.15) is 14.5 Å². The molecule has 1 aromatic heterocycles. The van der Waals surface area contributed by atoms with Crippen molar-refractivity contribution in [1.82, 2.24) is 14.1 Å². The molecule has 4 rings (SSSR count). The minimum atomic E-state index is -3.79. The standard InChI is InChI=1S/C21H20Cl2N6O4S/c1-14-16(21(23)28(26-14)19-7-3-2-6-17(19)22)13-24-25-18-9-8-15(12-20(18)29(30)31)34(32,33)27-10-4-5-11-27/h2-3,6-9,12-13,25H,4-5,10-11H2,1H3. The van der Waals surface area contributed by atoms with Crippen LogP contribution in [0.2, 0.25) is 10.2 Å². The van der Waals surface area contributed by atoms with Crippen molar-refractivity contribution in [3.8, 4) is 5.69 Å². The van der Waals surface area contributed by atoms with Crippen LogP contribution < -0.4 is 5.43 Å². The largest absolute Gasteiger partial charge is 0.295 e. The number of nitro groups is 1. The van der Waals surface area contributed by atoms with Crippen LogP contribution in [-0.4, -0.2) is 46.7 Å². The average molecular weight is 523 g/mol. The van der Waals surface area contributed by atoms with E-state index in [0.29, 0.717) is 35.1 Å². The Kier molecular flexibility index (Phi) is 6.89. The predicted molar refractivity (Wildman–Crippen MR) is 131 cm³/mol. The van der Waals surface area contributed by atoms with Gasteiger partial charge < -0.3 is 0 Å². The Morgan fingerprint density at radius 3 is 2.56 bits per heavy atom. The summed E-state index contributed by atoms with van der Waals surface area (Å²) in [5.74, 6) is 0. The number of halogens is 2. The van der Waals surface area contributed by atoms with E-state index in [2.05, 4.69) is 15.6 Å². The fourth-order valence-corrected chi connectivity index (χ4v) is 5.67. The molecule has 34 heavy (non-hydrogen) atoms. The van der Waals surface area contributed by atoms with Gasteiger partial charge in [-0.1, -0.05) is 35.3 Å². The highest BCUT2D eigenvalue weighted by molar-refractivity contribution is 7.89. The number of benzene rings is 2. The molecular weight excluding hydrogens is 503 g/mol. The van der Waals surface area contributed by atoms with E-state index in [1.54, 1.807) is 31.2 Å². The lowest BCUT2D eigenvalue weighted by molar-refractivity contribution is -0.384. The monoisotopic (exact) mass is 522 g/mol. The molecule has 0 saturated carbocycles. The van der Waals surface area contributed by atoms with Crippen molar-refractivity contribution in [2.45, 2.75) is 24.7 Å². The summed E-state index contributed by atoms with van der Waals surface area (Å²) in [6.07, 6.45) is 2.92. The second-order valence-electron chi connectivity index (χ2n) is 7.57. The van der Waals surface area contributed by atoms with E-state index in [9.17, 15) is 18.5 Å². The van der Waals surface area contributed by atoms with E-state index < -0.39 is 20.6 Å². The molecule has 1 aliphatic heterocycles. The first-order valence-electron chi connectivity index (χ1n) is 10.3. The first-order chi connectivity index (χ1) is 16.2. The number of nitrogens with one attached hydrogen (secondary N) is 1. The Balaban J connectivity index is 1.60. The summed E-state index contributed by atoms with van der Waals surface area (Å²) in [4.78, 5) is 10.8. The Morgan fingerprint density at radius 1 is 1.18 bits per heavy atom. The molecule has 0 atom stereocenters. The van der Waals surface area contributed by atoms with Crippen molar-refractivity contribution in [3.05, 3.63) is 74.0 Å². The number of aromatic nitrogens is 2. The van der Waals surface area contributed by atoms with Gasteiger partial charge in [0.05, 0.1) is 38.0 Å². The SMILES string of the molecule is Cc1nn(-c2ccccc2Cl)c(Cl)c1C=NNc1ccc(S(=O)(=O)N2CCCC2)cc1[N+](=O)[O-]. The number of nitrogens with zero attached hydrogens (tertiary/aromatic N) is 5. The van der Waals surface area contributed by atoms with Crippen LogP contribution in [-0.2, 0) is 10.0 Å². The second kappa shape index (κ2) is 9.71. The zero-order chi connectivity index (χ0) is 24.5. The average Bonchev–Trinajstić information content (AvgIpc) is 3.44. The number of hydrogen-bond donors (Lipinski definition) is 1. The summed E-state index contributed by atoms with van der Waals surface area (Å²) >= 11 is 12.7. The highest BCUT2D eigenvalue weighted by Gasteiger charge is 2.29. The molecule has 0 radical (unpaired) electrons. The maximum atomic E-state index is 12.8. The maximum Gasteiger partial charge on any atom is 0.295 e. The lowest BCUT2D eigenvalue weighted by Gasteiger charge is -2.15. The zero-order valence-electron chi connectivity index (χ0n) is 18.0. The molecule has 1 N–H and O–H groups in total. The molecule has 13 heteroatoms. The fraction of sp³-hybridized carbons (Fsp3) is 0.238. The summed E-state index contributed by atoms with van der Waals surface area (Å²) in [7, 11) is -3.79. The number of rotatable bonds is 7. The number of nitro benzene ring substituents is 1. The lowest BCUT2D eigenvalue weighted by atomic mass is 10.3. The Morgan fingerprint density at radius 2 is 1.88 bits per heavy atom. The summed E-state index contributed by atoms with van der Waals surface area (Å²) in [6, 6.07) is 10.8. The Bertz CT molecular complexity index is 1380. The van der Waals surface area contributed by atoms with Gasteiger partial charge in [-0.3, -0.25) is 15.5 Å². The van der Waals surface area contributed by atoms with Gasteiger partial charge in [0.25, 0.3) is 5.69 Å². The van der Waals surface area contributed by atoms with E-state index in [1.165, 1.54) is 27.3 Å². The van der Waals surface area contributed by atoms with Gasteiger partial charge in [-0.05, 0) is 44.0 Å². The number of anilines is 1. The number of aryl methyl sites for hydroxylation is 1. The first-order valence-corrected chi connectivity index (χ1v) is 12.5. The van der Waals surface area contributed by atoms with E-state index in [-0.39, 0.29) is 15.7 Å². The van der Waals surface area contributed by atoms with Crippen molar-refractivity contribution in [1.29, 1.82) is 0 Å². The molecule has 2 heterocycles. The number of hydrazone groups is 1. The molecule has 3 aromatic rings. The van der Waals surface area contributed by atoms with Crippen molar-refractivity contribution < 1.29 is 13.3 Å². The predicted octanol–water partition coefficient (Wildman–Crippen LogP) is 4.63. The van der Waals surface area contributed by atoms with Gasteiger partial charge in [0.2, 0.25) is 10.0 Å². The van der Waals surface area contributed by atoms with E-state index >= 15 is 0 Å². The van der Waals surface area contributed by atoms with Crippen LogP contribution >= 0.6 is 23.2 Å². The molecule has 10 nitrogen and oxygen atoms in total. The molecule has 0 spiro atoms. The zero-order valence-corrected chi connectivity index (χ0v) is 20.3. The number of para-hydroxylation sites is 1. The minimum Gasteiger partial charge on any atom is -0.272 e. The third-order valence-electron chi connectivity index (χ3n) is 5.38. The van der Waals surface area contributed by atoms with Crippen molar-refractivity contribution in [2.75, 3.05) is 18.5 Å². The van der Waals surface area contributed by atoms with Gasteiger partial charge in [0, 0.05) is 19.2 Å². The molecule has 0 bridgehead atoms. The normalized spacial score (nSPS) is 14.7. The van der Waals surface area contributed by atoms with Gasteiger partial charge in [-0.15, -0.1) is 0 Å². The molecule has 178 valence electrons. The molecule has 1 fully saturated rings. The fourth-order valence-electron chi connectivity index (χ4n) is 3.60. The Labute approximate surface area is 206 Å². The second-order valence-corrected chi connectivity index (χ2v) is 10.3. The van der Waals surface area contributed by atoms with Gasteiger partial charge >= 0.3 is 0 Å².